The third kappa shape index (κ3) is 4.02. The monoisotopic (exact) mass is 288 g/mol. The van der Waals surface area contributed by atoms with Gasteiger partial charge in [0.15, 0.2) is 5.03 Å². The molecule has 2 N–H and O–H groups in total. The Morgan fingerprint density at radius 1 is 1.42 bits per heavy atom. The van der Waals surface area contributed by atoms with Gasteiger partial charge in [-0.15, -0.1) is 0 Å². The molecule has 0 aliphatic heterocycles. The minimum Gasteiger partial charge on any atom is -0.310 e. The highest BCUT2D eigenvalue weighted by Crippen LogP contribution is 2.17. The average Bonchev–Trinajstić information content (AvgIpc) is 2.82. The largest absolute Gasteiger partial charge is 0.310 e. The molecule has 0 spiro atoms. The number of nitrogens with one attached hydrogen (secondary N) is 2. The van der Waals surface area contributed by atoms with E-state index >= 15 is 0 Å². The van der Waals surface area contributed by atoms with E-state index in [9.17, 15) is 8.42 Å². The third-order valence-corrected chi connectivity index (χ3v) is 4.79. The van der Waals surface area contributed by atoms with Gasteiger partial charge in [-0.3, -0.25) is 5.10 Å². The molecular formula is C12H24N4O2S. The van der Waals surface area contributed by atoms with Crippen molar-refractivity contribution in [3.8, 4) is 0 Å². The molecule has 0 aliphatic carbocycles. The predicted octanol–water partition coefficient (Wildman–Crippen LogP) is 1.33. The summed E-state index contributed by atoms with van der Waals surface area (Å²) < 4.78 is 26.5. The van der Waals surface area contributed by atoms with Gasteiger partial charge in [0.25, 0.3) is 10.0 Å². The maximum Gasteiger partial charge on any atom is 0.260 e. The first kappa shape index (κ1) is 16.1. The van der Waals surface area contributed by atoms with Gasteiger partial charge in [-0.1, -0.05) is 27.7 Å². The molecule has 0 saturated heterocycles. The van der Waals surface area contributed by atoms with Crippen molar-refractivity contribution in [3.05, 3.63) is 11.8 Å². The normalized spacial score (nSPS) is 12.5. The molecule has 0 saturated carbocycles. The van der Waals surface area contributed by atoms with Crippen molar-refractivity contribution in [1.82, 2.24) is 19.8 Å². The van der Waals surface area contributed by atoms with E-state index in [2.05, 4.69) is 15.5 Å². The van der Waals surface area contributed by atoms with Crippen molar-refractivity contribution in [3.63, 3.8) is 0 Å². The van der Waals surface area contributed by atoms with Gasteiger partial charge in [-0.2, -0.15) is 9.40 Å². The van der Waals surface area contributed by atoms with Crippen LogP contribution in [0, 0.1) is 0 Å². The van der Waals surface area contributed by atoms with E-state index < -0.39 is 10.0 Å². The summed E-state index contributed by atoms with van der Waals surface area (Å²) in [5.41, 5.74) is 0.684. The molecule has 0 radical (unpaired) electrons. The number of nitrogens with zero attached hydrogens (tertiary/aromatic N) is 2. The molecule has 6 nitrogen and oxygen atoms in total. The lowest BCUT2D eigenvalue weighted by Crippen LogP contribution is -2.33. The molecule has 19 heavy (non-hydrogen) atoms. The summed E-state index contributed by atoms with van der Waals surface area (Å²) in [6, 6.07) is 0.295. The second-order valence-electron chi connectivity index (χ2n) is 4.76. The fourth-order valence-electron chi connectivity index (χ4n) is 1.79. The molecule has 110 valence electrons. The second kappa shape index (κ2) is 7.02. The first-order valence-electron chi connectivity index (χ1n) is 6.69. The summed E-state index contributed by atoms with van der Waals surface area (Å²) in [6.45, 7) is 9.32. The lowest BCUT2D eigenvalue weighted by Gasteiger charge is -2.19. The lowest BCUT2D eigenvalue weighted by molar-refractivity contribution is 0.423. The molecule has 7 heteroatoms. The maximum atomic E-state index is 12.5. The summed E-state index contributed by atoms with van der Waals surface area (Å²) >= 11 is 0. The second-order valence-corrected chi connectivity index (χ2v) is 6.63. The van der Waals surface area contributed by atoms with E-state index in [1.807, 2.05) is 27.7 Å². The first-order chi connectivity index (χ1) is 8.93. The third-order valence-electron chi connectivity index (χ3n) is 2.80. The number of sulfonamides is 1. The fourth-order valence-corrected chi connectivity index (χ4v) is 3.43. The minimum atomic E-state index is -3.47. The standard InChI is InChI=1S/C12H24N4O2S/c1-5-7-16(6-2)19(17,18)12-11(9-14-15-12)8-13-10(3)4/h9-10,13H,5-8H2,1-4H3,(H,14,15). The van der Waals surface area contributed by atoms with Gasteiger partial charge >= 0.3 is 0 Å². The van der Waals surface area contributed by atoms with E-state index in [0.29, 0.717) is 31.2 Å². The molecule has 1 rings (SSSR count). The zero-order valence-corrected chi connectivity index (χ0v) is 12.9. The highest BCUT2D eigenvalue weighted by atomic mass is 32.2. The van der Waals surface area contributed by atoms with E-state index in [1.165, 1.54) is 4.31 Å². The van der Waals surface area contributed by atoms with Gasteiger partial charge < -0.3 is 5.32 Å². The quantitative estimate of drug-likeness (QED) is 0.756. The molecule has 0 bridgehead atoms. The summed E-state index contributed by atoms with van der Waals surface area (Å²) in [6.07, 6.45) is 2.36. The van der Waals surface area contributed by atoms with Crippen molar-refractivity contribution in [1.29, 1.82) is 0 Å². The number of aromatic nitrogens is 2. The number of H-pyrrole nitrogens is 1. The fraction of sp³-hybridized carbons (Fsp3) is 0.750. The topological polar surface area (TPSA) is 78.1 Å². The molecule has 0 aromatic carbocycles. The van der Waals surface area contributed by atoms with Crippen LogP contribution in [0.5, 0.6) is 0 Å². The van der Waals surface area contributed by atoms with Crippen molar-refractivity contribution >= 4 is 10.0 Å². The number of aromatic amines is 1. The van der Waals surface area contributed by atoms with Crippen LogP contribution in [-0.2, 0) is 16.6 Å². The Kier molecular flexibility index (Phi) is 5.96. The van der Waals surface area contributed by atoms with Crippen LogP contribution in [0.4, 0.5) is 0 Å². The number of hydrogen-bond donors (Lipinski definition) is 2. The van der Waals surface area contributed by atoms with Crippen LogP contribution in [0.25, 0.3) is 0 Å². The Bertz CT molecular complexity index is 482. The summed E-state index contributed by atoms with van der Waals surface area (Å²) in [4.78, 5) is 0. The highest BCUT2D eigenvalue weighted by Gasteiger charge is 2.26. The van der Waals surface area contributed by atoms with Crippen molar-refractivity contribution in [2.24, 2.45) is 0 Å². The van der Waals surface area contributed by atoms with Crippen LogP contribution in [-0.4, -0.2) is 42.1 Å². The summed E-state index contributed by atoms with van der Waals surface area (Å²) in [7, 11) is -3.47. The Morgan fingerprint density at radius 3 is 2.63 bits per heavy atom. The van der Waals surface area contributed by atoms with Crippen molar-refractivity contribution in [2.45, 2.75) is 51.7 Å². The van der Waals surface area contributed by atoms with Crippen LogP contribution in [0.15, 0.2) is 11.2 Å². The van der Waals surface area contributed by atoms with E-state index in [0.717, 1.165) is 6.42 Å². The van der Waals surface area contributed by atoms with Gasteiger partial charge in [0.2, 0.25) is 0 Å². The Hall–Kier alpha value is -0.920. The minimum absolute atomic E-state index is 0.205. The molecule has 0 amide bonds. The van der Waals surface area contributed by atoms with Crippen LogP contribution in [0.3, 0.4) is 0 Å². The number of rotatable bonds is 8. The highest BCUT2D eigenvalue weighted by molar-refractivity contribution is 7.89. The summed E-state index contributed by atoms with van der Waals surface area (Å²) in [5, 5.41) is 9.91. The Morgan fingerprint density at radius 2 is 2.11 bits per heavy atom. The number of hydrogen-bond acceptors (Lipinski definition) is 4. The maximum absolute atomic E-state index is 12.5. The zero-order valence-electron chi connectivity index (χ0n) is 12.1. The van der Waals surface area contributed by atoms with Gasteiger partial charge in [-0.25, -0.2) is 8.42 Å². The van der Waals surface area contributed by atoms with E-state index in [4.69, 9.17) is 0 Å². The molecule has 0 atom stereocenters. The van der Waals surface area contributed by atoms with Crippen LogP contribution in [0.1, 0.15) is 39.7 Å². The van der Waals surface area contributed by atoms with Crippen LogP contribution in [0.2, 0.25) is 0 Å². The smallest absolute Gasteiger partial charge is 0.260 e. The van der Waals surface area contributed by atoms with E-state index in [-0.39, 0.29) is 5.03 Å². The molecule has 1 aromatic rings. The van der Waals surface area contributed by atoms with Crippen LogP contribution >= 0.6 is 0 Å². The van der Waals surface area contributed by atoms with Crippen molar-refractivity contribution in [2.75, 3.05) is 13.1 Å². The molecule has 0 aliphatic rings. The average molecular weight is 288 g/mol. The molecule has 1 heterocycles. The molecular weight excluding hydrogens is 264 g/mol. The van der Waals surface area contributed by atoms with Gasteiger partial charge in [-0.05, 0) is 6.42 Å². The SMILES string of the molecule is CCCN(CC)S(=O)(=O)c1[nH]ncc1CNC(C)C. The van der Waals surface area contributed by atoms with Crippen molar-refractivity contribution < 1.29 is 8.42 Å². The van der Waals surface area contributed by atoms with Gasteiger partial charge in [0.1, 0.15) is 0 Å². The molecule has 0 unspecified atom stereocenters. The molecule has 0 fully saturated rings. The Balaban J connectivity index is 2.98. The first-order valence-corrected chi connectivity index (χ1v) is 8.13. The zero-order chi connectivity index (χ0) is 14.5. The Labute approximate surface area is 115 Å². The van der Waals surface area contributed by atoms with Crippen LogP contribution < -0.4 is 5.32 Å². The van der Waals surface area contributed by atoms with Gasteiger partial charge in [0, 0.05) is 31.2 Å². The predicted molar refractivity (Wildman–Crippen MR) is 75.3 cm³/mol. The van der Waals surface area contributed by atoms with Gasteiger partial charge in [0.05, 0.1) is 6.20 Å². The van der Waals surface area contributed by atoms with E-state index in [1.54, 1.807) is 6.20 Å². The summed E-state index contributed by atoms with van der Waals surface area (Å²) in [5.74, 6) is 0. The lowest BCUT2D eigenvalue weighted by atomic mass is 10.3. The molecule has 1 aromatic heterocycles.